The molecule has 0 amide bonds. The van der Waals surface area contributed by atoms with Gasteiger partial charge in [-0.3, -0.25) is 0 Å². The number of carboxylic acid groups (broad SMARTS) is 1. The van der Waals surface area contributed by atoms with Crippen LogP contribution in [0.1, 0.15) is 61.1 Å². The first-order valence-electron chi connectivity index (χ1n) is 7.98. The summed E-state index contributed by atoms with van der Waals surface area (Å²) in [7, 11) is 0. The van der Waals surface area contributed by atoms with Gasteiger partial charge in [0.25, 0.3) is 0 Å². The minimum absolute atomic E-state index is 0.254. The lowest BCUT2D eigenvalue weighted by molar-refractivity contribution is 0.0697. The number of hydrogen-bond acceptors (Lipinski definition) is 3. The molecule has 5 nitrogen and oxygen atoms in total. The molecule has 1 aliphatic rings. The monoisotopic (exact) mass is 302 g/mol. The molecular weight excluding hydrogens is 280 g/mol. The zero-order valence-electron chi connectivity index (χ0n) is 12.8. The molecule has 3 rings (SSSR count). The van der Waals surface area contributed by atoms with Crippen LogP contribution >= 0.6 is 0 Å². The second kappa shape index (κ2) is 6.08. The Kier molecular flexibility index (Phi) is 4.16. The maximum Gasteiger partial charge on any atom is 0.335 e. The Morgan fingerprint density at radius 3 is 2.73 bits per heavy atom. The van der Waals surface area contributed by atoms with E-state index in [4.69, 9.17) is 10.1 Å². The molecule has 0 radical (unpaired) electrons. The number of aromatic nitrogens is 2. The fourth-order valence-corrected chi connectivity index (χ4v) is 3.41. The van der Waals surface area contributed by atoms with Gasteiger partial charge in [0.2, 0.25) is 0 Å². The fourth-order valence-electron chi connectivity index (χ4n) is 3.41. The predicted octanol–water partition coefficient (Wildman–Crippen LogP) is 3.16. The van der Waals surface area contributed by atoms with E-state index < -0.39 is 12.1 Å². The number of fused-ring (bicyclic) bond motifs is 1. The summed E-state index contributed by atoms with van der Waals surface area (Å²) in [5.41, 5.74) is 1.87. The standard InChI is InChI=1S/C17H22N2O3/c1-11(20)10-19-15-8-7-13(17(21)22)9-14(15)18-16(19)12-5-3-2-4-6-12/h7-9,11-12,20H,2-6,10H2,1H3,(H,21,22). The molecule has 2 N–H and O–H groups in total. The van der Waals surface area contributed by atoms with E-state index in [1.165, 1.54) is 19.3 Å². The lowest BCUT2D eigenvalue weighted by atomic mass is 9.88. The molecule has 22 heavy (non-hydrogen) atoms. The molecule has 1 unspecified atom stereocenters. The average Bonchev–Trinajstić information content (AvgIpc) is 2.85. The zero-order valence-corrected chi connectivity index (χ0v) is 12.8. The molecule has 1 heterocycles. The second-order valence-corrected chi connectivity index (χ2v) is 6.27. The zero-order chi connectivity index (χ0) is 15.7. The molecule has 0 bridgehead atoms. The van der Waals surface area contributed by atoms with Crippen LogP contribution in [0.4, 0.5) is 0 Å². The van der Waals surface area contributed by atoms with Crippen LogP contribution in [-0.4, -0.2) is 31.8 Å². The van der Waals surface area contributed by atoms with Gasteiger partial charge in [-0.1, -0.05) is 19.3 Å². The summed E-state index contributed by atoms with van der Waals surface area (Å²) in [5.74, 6) is 0.470. The van der Waals surface area contributed by atoms with Crippen molar-refractivity contribution in [3.63, 3.8) is 0 Å². The molecule has 0 aliphatic heterocycles. The van der Waals surface area contributed by atoms with Gasteiger partial charge < -0.3 is 14.8 Å². The highest BCUT2D eigenvalue weighted by Gasteiger charge is 2.23. The lowest BCUT2D eigenvalue weighted by Gasteiger charge is -2.22. The topological polar surface area (TPSA) is 75.3 Å². The number of imidazole rings is 1. The highest BCUT2D eigenvalue weighted by molar-refractivity contribution is 5.92. The average molecular weight is 302 g/mol. The molecule has 1 saturated carbocycles. The Balaban J connectivity index is 2.09. The fraction of sp³-hybridized carbons (Fsp3) is 0.529. The molecule has 1 atom stereocenters. The number of hydrogen-bond donors (Lipinski definition) is 2. The number of nitrogens with zero attached hydrogens (tertiary/aromatic N) is 2. The summed E-state index contributed by atoms with van der Waals surface area (Å²) in [6.07, 6.45) is 5.48. The van der Waals surface area contributed by atoms with Crippen molar-refractivity contribution in [1.82, 2.24) is 9.55 Å². The van der Waals surface area contributed by atoms with E-state index >= 15 is 0 Å². The van der Waals surface area contributed by atoms with E-state index in [1.807, 2.05) is 0 Å². The minimum Gasteiger partial charge on any atom is -0.478 e. The summed E-state index contributed by atoms with van der Waals surface area (Å²) >= 11 is 0. The number of benzene rings is 1. The van der Waals surface area contributed by atoms with Gasteiger partial charge >= 0.3 is 5.97 Å². The number of aromatic carboxylic acids is 1. The molecule has 118 valence electrons. The minimum atomic E-state index is -0.939. The van der Waals surface area contributed by atoms with E-state index in [-0.39, 0.29) is 5.56 Å². The van der Waals surface area contributed by atoms with Crippen LogP contribution in [0, 0.1) is 0 Å². The van der Waals surface area contributed by atoms with Crippen molar-refractivity contribution in [3.8, 4) is 0 Å². The van der Waals surface area contributed by atoms with Gasteiger partial charge in [-0.15, -0.1) is 0 Å². The van der Waals surface area contributed by atoms with Gasteiger partial charge in [0.1, 0.15) is 5.82 Å². The van der Waals surface area contributed by atoms with Gasteiger partial charge in [0.15, 0.2) is 0 Å². The number of rotatable bonds is 4. The third-order valence-electron chi connectivity index (χ3n) is 4.44. The maximum atomic E-state index is 11.1. The van der Waals surface area contributed by atoms with E-state index in [9.17, 15) is 9.90 Å². The Bertz CT molecular complexity index is 685. The van der Waals surface area contributed by atoms with E-state index in [2.05, 4.69) is 4.57 Å². The third kappa shape index (κ3) is 2.86. The summed E-state index contributed by atoms with van der Waals surface area (Å²) < 4.78 is 2.07. The van der Waals surface area contributed by atoms with Crippen LogP contribution in [0.25, 0.3) is 11.0 Å². The largest absolute Gasteiger partial charge is 0.478 e. The van der Waals surface area contributed by atoms with Crippen molar-refractivity contribution >= 4 is 17.0 Å². The van der Waals surface area contributed by atoms with Crippen molar-refractivity contribution in [2.24, 2.45) is 0 Å². The first kappa shape index (κ1) is 15.0. The summed E-state index contributed by atoms with van der Waals surface area (Å²) in [4.78, 5) is 15.9. The quantitative estimate of drug-likeness (QED) is 0.909. The molecule has 1 aromatic carbocycles. The van der Waals surface area contributed by atoms with E-state index in [0.29, 0.717) is 18.0 Å². The number of carbonyl (C=O) groups is 1. The van der Waals surface area contributed by atoms with Crippen LogP contribution in [-0.2, 0) is 6.54 Å². The van der Waals surface area contributed by atoms with Crippen LogP contribution in [0.3, 0.4) is 0 Å². The van der Waals surface area contributed by atoms with Crippen molar-refractivity contribution in [2.45, 2.75) is 57.6 Å². The molecule has 2 aromatic rings. The first-order valence-corrected chi connectivity index (χ1v) is 7.98. The van der Waals surface area contributed by atoms with Gasteiger partial charge in [-0.25, -0.2) is 9.78 Å². The Labute approximate surface area is 129 Å². The summed E-state index contributed by atoms with van der Waals surface area (Å²) in [6, 6.07) is 5.04. The van der Waals surface area contributed by atoms with Crippen molar-refractivity contribution in [3.05, 3.63) is 29.6 Å². The molecule has 1 aliphatic carbocycles. The number of carboxylic acids is 1. The Hall–Kier alpha value is -1.88. The molecule has 5 heteroatoms. The van der Waals surface area contributed by atoms with E-state index in [1.54, 1.807) is 25.1 Å². The van der Waals surface area contributed by atoms with Crippen LogP contribution < -0.4 is 0 Å². The molecule has 1 aromatic heterocycles. The van der Waals surface area contributed by atoms with Crippen molar-refractivity contribution in [1.29, 1.82) is 0 Å². The molecular formula is C17H22N2O3. The second-order valence-electron chi connectivity index (χ2n) is 6.27. The van der Waals surface area contributed by atoms with Gasteiger partial charge in [-0.2, -0.15) is 0 Å². The van der Waals surface area contributed by atoms with Crippen LogP contribution in [0.2, 0.25) is 0 Å². The smallest absolute Gasteiger partial charge is 0.335 e. The molecule has 0 saturated heterocycles. The summed E-state index contributed by atoms with van der Waals surface area (Å²) in [6.45, 7) is 2.26. The summed E-state index contributed by atoms with van der Waals surface area (Å²) in [5, 5.41) is 18.9. The van der Waals surface area contributed by atoms with Gasteiger partial charge in [0, 0.05) is 5.92 Å². The highest BCUT2D eigenvalue weighted by atomic mass is 16.4. The SMILES string of the molecule is CC(O)Cn1c(C2CCCCC2)nc2cc(C(=O)O)ccc21. The molecule has 1 fully saturated rings. The van der Waals surface area contributed by atoms with Gasteiger partial charge in [-0.05, 0) is 38.0 Å². The van der Waals surface area contributed by atoms with Crippen LogP contribution in [0.5, 0.6) is 0 Å². The maximum absolute atomic E-state index is 11.1. The Morgan fingerprint density at radius 1 is 1.36 bits per heavy atom. The molecule has 0 spiro atoms. The third-order valence-corrected chi connectivity index (χ3v) is 4.44. The normalized spacial score (nSPS) is 17.7. The number of aliphatic hydroxyl groups excluding tert-OH is 1. The van der Waals surface area contributed by atoms with Gasteiger partial charge in [0.05, 0.1) is 29.2 Å². The van der Waals surface area contributed by atoms with Crippen molar-refractivity contribution in [2.75, 3.05) is 0 Å². The van der Waals surface area contributed by atoms with E-state index in [0.717, 1.165) is 24.2 Å². The number of aliphatic hydroxyl groups is 1. The van der Waals surface area contributed by atoms with Crippen molar-refractivity contribution < 1.29 is 15.0 Å². The first-order chi connectivity index (χ1) is 10.6. The Morgan fingerprint density at radius 2 is 2.09 bits per heavy atom. The van der Waals surface area contributed by atoms with Crippen LogP contribution in [0.15, 0.2) is 18.2 Å². The lowest BCUT2D eigenvalue weighted by Crippen LogP contribution is -2.17. The highest BCUT2D eigenvalue weighted by Crippen LogP contribution is 2.34. The predicted molar refractivity (Wildman–Crippen MR) is 84.2 cm³/mol.